The molecule has 0 aliphatic heterocycles. The first kappa shape index (κ1) is 22.9. The van der Waals surface area contributed by atoms with Crippen LogP contribution in [-0.4, -0.2) is 31.5 Å². The Kier molecular flexibility index (Phi) is 11.1. The lowest BCUT2D eigenvalue weighted by Gasteiger charge is -2.11. The second-order valence-electron chi connectivity index (χ2n) is 5.77. The summed E-state index contributed by atoms with van der Waals surface area (Å²) in [6.45, 7) is 3.44. The highest BCUT2D eigenvalue weighted by atomic mass is 127. The molecule has 0 aliphatic rings. The minimum absolute atomic E-state index is 0. The van der Waals surface area contributed by atoms with Crippen LogP contribution in [0.2, 0.25) is 0 Å². The molecule has 1 amide bonds. The first-order valence-electron chi connectivity index (χ1n) is 8.79. The Morgan fingerprint density at radius 1 is 1.04 bits per heavy atom. The fourth-order valence-electron chi connectivity index (χ4n) is 2.37. The minimum atomic E-state index is -0.338. The molecule has 7 heteroatoms. The molecule has 2 rings (SSSR count). The molecule has 146 valence electrons. The smallest absolute Gasteiger partial charge is 0.246 e. The molecule has 0 saturated carbocycles. The zero-order chi connectivity index (χ0) is 18.6. The normalized spacial score (nSPS) is 10.7. The molecule has 2 aromatic rings. The average Bonchev–Trinajstić information content (AvgIpc) is 2.66. The number of nitrogens with one attached hydrogen (secondary N) is 3. The fraction of sp³-hybridized carbons (Fsp3) is 0.300. The van der Waals surface area contributed by atoms with Gasteiger partial charge in [0.1, 0.15) is 12.4 Å². The Morgan fingerprint density at radius 2 is 1.74 bits per heavy atom. The lowest BCUT2D eigenvalue weighted by molar-refractivity contribution is -0.114. The molecule has 0 heterocycles. The van der Waals surface area contributed by atoms with Gasteiger partial charge < -0.3 is 16.0 Å². The largest absolute Gasteiger partial charge is 0.357 e. The maximum atomic E-state index is 12.9. The van der Waals surface area contributed by atoms with E-state index in [-0.39, 0.29) is 42.2 Å². The third kappa shape index (κ3) is 9.37. The summed E-state index contributed by atoms with van der Waals surface area (Å²) in [6, 6.07) is 15.9. The van der Waals surface area contributed by atoms with Crippen molar-refractivity contribution in [2.45, 2.75) is 19.8 Å². The average molecular weight is 484 g/mol. The highest BCUT2D eigenvalue weighted by molar-refractivity contribution is 14.0. The third-order valence-electron chi connectivity index (χ3n) is 3.63. The highest BCUT2D eigenvalue weighted by Crippen LogP contribution is 2.07. The van der Waals surface area contributed by atoms with E-state index in [0.29, 0.717) is 18.2 Å². The molecule has 0 atom stereocenters. The van der Waals surface area contributed by atoms with Crippen LogP contribution in [0.25, 0.3) is 0 Å². The number of rotatable bonds is 8. The zero-order valence-electron chi connectivity index (χ0n) is 15.4. The molecule has 0 fully saturated rings. The lowest BCUT2D eigenvalue weighted by atomic mass is 10.1. The van der Waals surface area contributed by atoms with Crippen molar-refractivity contribution in [2.24, 2.45) is 4.99 Å². The summed E-state index contributed by atoms with van der Waals surface area (Å²) < 4.78 is 12.9. The molecule has 0 saturated heterocycles. The van der Waals surface area contributed by atoms with E-state index in [9.17, 15) is 9.18 Å². The summed E-state index contributed by atoms with van der Waals surface area (Å²) in [4.78, 5) is 16.2. The second-order valence-corrected chi connectivity index (χ2v) is 5.77. The molecular formula is C20H26FIN4O. The van der Waals surface area contributed by atoms with E-state index in [1.54, 1.807) is 0 Å². The minimum Gasteiger partial charge on any atom is -0.357 e. The molecule has 5 nitrogen and oxygen atoms in total. The van der Waals surface area contributed by atoms with Gasteiger partial charge >= 0.3 is 0 Å². The summed E-state index contributed by atoms with van der Waals surface area (Å²) in [6.07, 6.45) is 1.95. The number of amides is 1. The number of carbonyl (C=O) groups is 1. The van der Waals surface area contributed by atoms with Crippen molar-refractivity contribution in [3.63, 3.8) is 0 Å². The summed E-state index contributed by atoms with van der Waals surface area (Å²) in [7, 11) is 0. The molecule has 3 N–H and O–H groups in total. The number of anilines is 1. The third-order valence-corrected chi connectivity index (χ3v) is 3.63. The van der Waals surface area contributed by atoms with Gasteiger partial charge in [0, 0.05) is 18.8 Å². The molecule has 2 aromatic carbocycles. The van der Waals surface area contributed by atoms with Crippen molar-refractivity contribution in [3.8, 4) is 0 Å². The van der Waals surface area contributed by atoms with Gasteiger partial charge in [-0.25, -0.2) is 9.38 Å². The van der Waals surface area contributed by atoms with Crippen LogP contribution in [0, 0.1) is 5.82 Å². The number of aliphatic imine (C=N–C) groups is 1. The first-order valence-corrected chi connectivity index (χ1v) is 8.79. The van der Waals surface area contributed by atoms with E-state index >= 15 is 0 Å². The molecular weight excluding hydrogens is 458 g/mol. The monoisotopic (exact) mass is 484 g/mol. The van der Waals surface area contributed by atoms with E-state index in [2.05, 4.69) is 33.1 Å². The molecule has 0 bridgehead atoms. The van der Waals surface area contributed by atoms with Crippen molar-refractivity contribution in [1.29, 1.82) is 0 Å². The summed E-state index contributed by atoms with van der Waals surface area (Å²) in [5.41, 5.74) is 1.85. The van der Waals surface area contributed by atoms with Gasteiger partial charge in [-0.3, -0.25) is 4.79 Å². The van der Waals surface area contributed by atoms with Crippen LogP contribution in [0.5, 0.6) is 0 Å². The number of benzene rings is 2. The molecule has 0 radical (unpaired) electrons. The van der Waals surface area contributed by atoms with Crippen LogP contribution < -0.4 is 16.0 Å². The SMILES string of the molecule is CCNC(=NCC(=O)Nc1ccc(F)cc1)NCCCc1ccccc1.I. The standard InChI is InChI=1S/C20H25FN4O.HI/c1-2-22-20(23-14-6-9-16-7-4-3-5-8-16)24-15-19(26)25-18-12-10-17(21)11-13-18;/h3-5,7-8,10-13H,2,6,9,14-15H2,1H3,(H,25,26)(H2,22,23,24);1H. The lowest BCUT2D eigenvalue weighted by Crippen LogP contribution is -2.38. The van der Waals surface area contributed by atoms with E-state index in [1.165, 1.54) is 29.8 Å². The Morgan fingerprint density at radius 3 is 2.41 bits per heavy atom. The van der Waals surface area contributed by atoms with Crippen molar-refractivity contribution in [1.82, 2.24) is 10.6 Å². The van der Waals surface area contributed by atoms with Crippen LogP contribution in [0.15, 0.2) is 59.6 Å². The number of aryl methyl sites for hydroxylation is 1. The maximum absolute atomic E-state index is 12.9. The van der Waals surface area contributed by atoms with Crippen LogP contribution in [0.1, 0.15) is 18.9 Å². The van der Waals surface area contributed by atoms with E-state index in [4.69, 9.17) is 0 Å². The number of hydrogen-bond acceptors (Lipinski definition) is 2. The Balaban J connectivity index is 0.00000364. The Hall–Kier alpha value is -2.16. The topological polar surface area (TPSA) is 65.5 Å². The maximum Gasteiger partial charge on any atom is 0.246 e. The summed E-state index contributed by atoms with van der Waals surface area (Å²) in [5, 5.41) is 9.03. The summed E-state index contributed by atoms with van der Waals surface area (Å²) >= 11 is 0. The van der Waals surface area contributed by atoms with Crippen molar-refractivity contribution in [3.05, 3.63) is 66.0 Å². The van der Waals surface area contributed by atoms with E-state index < -0.39 is 0 Å². The van der Waals surface area contributed by atoms with Crippen molar-refractivity contribution >= 4 is 41.5 Å². The van der Waals surface area contributed by atoms with E-state index in [0.717, 1.165) is 19.4 Å². The molecule has 0 spiro atoms. The number of hydrogen-bond donors (Lipinski definition) is 3. The van der Waals surface area contributed by atoms with Gasteiger partial charge in [-0.2, -0.15) is 0 Å². The first-order chi connectivity index (χ1) is 12.7. The van der Waals surface area contributed by atoms with Crippen LogP contribution >= 0.6 is 24.0 Å². The van der Waals surface area contributed by atoms with Gasteiger partial charge in [0.05, 0.1) is 0 Å². The predicted molar refractivity (Wildman–Crippen MR) is 119 cm³/mol. The zero-order valence-corrected chi connectivity index (χ0v) is 17.7. The fourth-order valence-corrected chi connectivity index (χ4v) is 2.37. The van der Waals surface area contributed by atoms with Gasteiger partial charge in [0.25, 0.3) is 0 Å². The predicted octanol–water partition coefficient (Wildman–Crippen LogP) is 3.57. The van der Waals surface area contributed by atoms with Gasteiger partial charge in [-0.05, 0) is 49.6 Å². The van der Waals surface area contributed by atoms with Crippen LogP contribution in [0.3, 0.4) is 0 Å². The molecule has 27 heavy (non-hydrogen) atoms. The quantitative estimate of drug-likeness (QED) is 0.232. The van der Waals surface area contributed by atoms with Crippen LogP contribution in [-0.2, 0) is 11.2 Å². The van der Waals surface area contributed by atoms with Gasteiger partial charge in [0.2, 0.25) is 5.91 Å². The number of guanidine groups is 1. The summed E-state index contributed by atoms with van der Waals surface area (Å²) in [5.74, 6) is 0.0167. The number of halogens is 2. The number of carbonyl (C=O) groups excluding carboxylic acids is 1. The Bertz CT molecular complexity index is 708. The van der Waals surface area contributed by atoms with E-state index in [1.807, 2.05) is 25.1 Å². The Labute approximate surface area is 176 Å². The van der Waals surface area contributed by atoms with Crippen molar-refractivity contribution < 1.29 is 9.18 Å². The number of nitrogens with zero attached hydrogens (tertiary/aromatic N) is 1. The molecule has 0 aromatic heterocycles. The molecule has 0 aliphatic carbocycles. The molecule has 0 unspecified atom stereocenters. The van der Waals surface area contributed by atoms with Gasteiger partial charge in [0.15, 0.2) is 5.96 Å². The highest BCUT2D eigenvalue weighted by Gasteiger charge is 2.03. The van der Waals surface area contributed by atoms with Gasteiger partial charge in [-0.1, -0.05) is 30.3 Å². The van der Waals surface area contributed by atoms with Gasteiger partial charge in [-0.15, -0.1) is 24.0 Å². The van der Waals surface area contributed by atoms with Crippen LogP contribution in [0.4, 0.5) is 10.1 Å². The second kappa shape index (κ2) is 13.1. The van der Waals surface area contributed by atoms with Crippen molar-refractivity contribution in [2.75, 3.05) is 25.0 Å².